The Balaban J connectivity index is 1.42. The lowest BCUT2D eigenvalue weighted by Crippen LogP contribution is -2.20. The molecule has 0 spiro atoms. The molecule has 6 nitrogen and oxygen atoms in total. The highest BCUT2D eigenvalue weighted by atomic mass is 16.1. The van der Waals surface area contributed by atoms with Crippen LogP contribution < -0.4 is 5.32 Å². The van der Waals surface area contributed by atoms with Crippen molar-refractivity contribution in [2.45, 2.75) is 39.2 Å². The van der Waals surface area contributed by atoms with Gasteiger partial charge in [-0.05, 0) is 62.9 Å². The predicted molar refractivity (Wildman–Crippen MR) is 99.7 cm³/mol. The van der Waals surface area contributed by atoms with Crippen molar-refractivity contribution in [2.24, 2.45) is 0 Å². The molecule has 0 radical (unpaired) electrons. The maximum Gasteiger partial charge on any atom is 0.244 e. The molecule has 1 aliphatic carbocycles. The molecule has 6 heteroatoms. The summed E-state index contributed by atoms with van der Waals surface area (Å²) in [4.78, 5) is 25.5. The molecule has 1 aromatic carbocycles. The Labute approximate surface area is 152 Å². The molecule has 132 valence electrons. The summed E-state index contributed by atoms with van der Waals surface area (Å²) in [5, 5.41) is 2.95. The molecule has 0 saturated carbocycles. The van der Waals surface area contributed by atoms with Gasteiger partial charge in [0.25, 0.3) is 0 Å². The third-order valence-electron chi connectivity index (χ3n) is 4.65. The summed E-state index contributed by atoms with van der Waals surface area (Å²) in [6, 6.07) is 9.46. The van der Waals surface area contributed by atoms with Crippen LogP contribution in [0, 0.1) is 6.92 Å². The second kappa shape index (κ2) is 7.07. The lowest BCUT2D eigenvalue weighted by atomic mass is 10.0. The summed E-state index contributed by atoms with van der Waals surface area (Å²) < 4.78 is 1.97. The van der Waals surface area contributed by atoms with Crippen molar-refractivity contribution in [2.75, 3.05) is 5.32 Å². The number of amides is 1. The highest BCUT2D eigenvalue weighted by Crippen LogP contribution is 2.20. The molecule has 0 unspecified atom stereocenters. The lowest BCUT2D eigenvalue weighted by molar-refractivity contribution is -0.116. The molecule has 0 bridgehead atoms. The van der Waals surface area contributed by atoms with Crippen molar-refractivity contribution in [1.29, 1.82) is 0 Å². The number of imidazole rings is 1. The van der Waals surface area contributed by atoms with Gasteiger partial charge in [0.05, 0.1) is 12.0 Å². The van der Waals surface area contributed by atoms with Crippen LogP contribution in [0.2, 0.25) is 0 Å². The number of nitrogens with zero attached hydrogens (tertiary/aromatic N) is 4. The molecule has 3 aromatic rings. The van der Waals surface area contributed by atoms with Crippen molar-refractivity contribution in [3.63, 3.8) is 0 Å². The summed E-state index contributed by atoms with van der Waals surface area (Å²) in [7, 11) is 0. The van der Waals surface area contributed by atoms with E-state index in [-0.39, 0.29) is 5.91 Å². The number of fused-ring (bicyclic) bond motifs is 1. The fourth-order valence-corrected chi connectivity index (χ4v) is 3.31. The quantitative estimate of drug-likeness (QED) is 0.787. The van der Waals surface area contributed by atoms with Crippen molar-refractivity contribution in [3.05, 3.63) is 59.9 Å². The standard InChI is InChI=1S/C20H21N5O/c1-14-10-11-21-20(23-14)15-6-8-16(9-7-15)24-19(26)12-25-13-22-17-4-2-3-5-18(17)25/h6-11,13H,2-5,12H2,1H3,(H,24,26). The first-order valence-electron chi connectivity index (χ1n) is 8.92. The van der Waals surface area contributed by atoms with Gasteiger partial charge in [-0.25, -0.2) is 15.0 Å². The Morgan fingerprint density at radius 1 is 1.12 bits per heavy atom. The van der Waals surface area contributed by atoms with Crippen LogP contribution in [0.25, 0.3) is 11.4 Å². The number of carbonyl (C=O) groups excluding carboxylic acids is 1. The van der Waals surface area contributed by atoms with E-state index in [1.54, 1.807) is 12.5 Å². The third kappa shape index (κ3) is 3.49. The summed E-state index contributed by atoms with van der Waals surface area (Å²) >= 11 is 0. The summed E-state index contributed by atoms with van der Waals surface area (Å²) in [6.07, 6.45) is 7.92. The van der Waals surface area contributed by atoms with Crippen molar-refractivity contribution < 1.29 is 4.79 Å². The third-order valence-corrected chi connectivity index (χ3v) is 4.65. The fourth-order valence-electron chi connectivity index (χ4n) is 3.31. The van der Waals surface area contributed by atoms with Gasteiger partial charge in [-0.1, -0.05) is 0 Å². The predicted octanol–water partition coefficient (Wildman–Crippen LogP) is 3.17. The normalized spacial score (nSPS) is 13.3. The van der Waals surface area contributed by atoms with Gasteiger partial charge in [-0.3, -0.25) is 4.79 Å². The number of hydrogen-bond acceptors (Lipinski definition) is 4. The van der Waals surface area contributed by atoms with Gasteiger partial charge in [0.1, 0.15) is 6.54 Å². The first-order valence-corrected chi connectivity index (χ1v) is 8.92. The van der Waals surface area contributed by atoms with Crippen LogP contribution in [0.15, 0.2) is 42.9 Å². The van der Waals surface area contributed by atoms with Crippen LogP contribution >= 0.6 is 0 Å². The van der Waals surface area contributed by atoms with Crippen molar-refractivity contribution in [1.82, 2.24) is 19.5 Å². The first-order chi connectivity index (χ1) is 12.7. The Morgan fingerprint density at radius 3 is 2.73 bits per heavy atom. The Morgan fingerprint density at radius 2 is 1.92 bits per heavy atom. The number of rotatable bonds is 4. The summed E-state index contributed by atoms with van der Waals surface area (Å²) in [5.41, 5.74) is 4.97. The highest BCUT2D eigenvalue weighted by molar-refractivity contribution is 5.90. The second-order valence-electron chi connectivity index (χ2n) is 6.62. The molecule has 0 fully saturated rings. The van der Waals surface area contributed by atoms with E-state index in [4.69, 9.17) is 0 Å². The molecular weight excluding hydrogens is 326 g/mol. The van der Waals surface area contributed by atoms with Gasteiger partial charge in [0, 0.05) is 28.8 Å². The van der Waals surface area contributed by atoms with Gasteiger partial charge in [-0.2, -0.15) is 0 Å². The van der Waals surface area contributed by atoms with E-state index < -0.39 is 0 Å². The van der Waals surface area contributed by atoms with E-state index in [2.05, 4.69) is 20.3 Å². The zero-order valence-corrected chi connectivity index (χ0v) is 14.8. The van der Waals surface area contributed by atoms with Gasteiger partial charge in [0.15, 0.2) is 5.82 Å². The Kier molecular flexibility index (Phi) is 4.48. The molecule has 0 aliphatic heterocycles. The van der Waals surface area contributed by atoms with Crippen molar-refractivity contribution in [3.8, 4) is 11.4 Å². The number of carbonyl (C=O) groups is 1. The molecule has 4 rings (SSSR count). The number of aryl methyl sites for hydroxylation is 2. The van der Waals surface area contributed by atoms with Gasteiger partial charge in [0.2, 0.25) is 5.91 Å². The van der Waals surface area contributed by atoms with Crippen LogP contribution in [0.1, 0.15) is 29.9 Å². The van der Waals surface area contributed by atoms with E-state index in [1.165, 1.54) is 18.5 Å². The molecule has 26 heavy (non-hydrogen) atoms. The van der Waals surface area contributed by atoms with E-state index in [0.29, 0.717) is 12.4 Å². The largest absolute Gasteiger partial charge is 0.325 e. The zero-order chi connectivity index (χ0) is 17.9. The lowest BCUT2D eigenvalue weighted by Gasteiger charge is -2.14. The maximum atomic E-state index is 12.4. The smallest absolute Gasteiger partial charge is 0.244 e. The molecule has 0 saturated heterocycles. The van der Waals surface area contributed by atoms with E-state index >= 15 is 0 Å². The number of hydrogen-bond donors (Lipinski definition) is 1. The monoisotopic (exact) mass is 347 g/mol. The minimum absolute atomic E-state index is 0.0460. The average molecular weight is 347 g/mol. The highest BCUT2D eigenvalue weighted by Gasteiger charge is 2.16. The number of aromatic nitrogens is 4. The number of nitrogens with one attached hydrogen (secondary N) is 1. The molecule has 1 aliphatic rings. The number of anilines is 1. The van der Waals surface area contributed by atoms with Gasteiger partial charge < -0.3 is 9.88 Å². The van der Waals surface area contributed by atoms with Crippen LogP contribution in [-0.4, -0.2) is 25.4 Å². The molecule has 2 aromatic heterocycles. The molecule has 2 heterocycles. The van der Waals surface area contributed by atoms with Crippen LogP contribution in [0.4, 0.5) is 5.69 Å². The maximum absolute atomic E-state index is 12.4. The Bertz CT molecular complexity index is 930. The first kappa shape index (κ1) is 16.4. The molecule has 1 amide bonds. The molecule has 1 N–H and O–H groups in total. The van der Waals surface area contributed by atoms with Crippen LogP contribution in [-0.2, 0) is 24.2 Å². The second-order valence-corrected chi connectivity index (χ2v) is 6.62. The topological polar surface area (TPSA) is 72.7 Å². The average Bonchev–Trinajstić information content (AvgIpc) is 3.05. The van der Waals surface area contributed by atoms with Crippen LogP contribution in [0.3, 0.4) is 0 Å². The minimum Gasteiger partial charge on any atom is -0.325 e. The summed E-state index contributed by atoms with van der Waals surface area (Å²) in [5.74, 6) is 0.642. The minimum atomic E-state index is -0.0460. The zero-order valence-electron chi connectivity index (χ0n) is 14.8. The van der Waals surface area contributed by atoms with Crippen molar-refractivity contribution >= 4 is 11.6 Å². The van der Waals surface area contributed by atoms with E-state index in [0.717, 1.165) is 35.5 Å². The SMILES string of the molecule is Cc1ccnc(-c2ccc(NC(=O)Cn3cnc4c3CCCC4)cc2)n1. The molecular formula is C20H21N5O. The van der Waals surface area contributed by atoms with E-state index in [1.807, 2.05) is 41.8 Å². The summed E-state index contributed by atoms with van der Waals surface area (Å²) in [6.45, 7) is 2.24. The fraction of sp³-hybridized carbons (Fsp3) is 0.300. The van der Waals surface area contributed by atoms with Gasteiger partial charge in [-0.15, -0.1) is 0 Å². The van der Waals surface area contributed by atoms with Crippen LogP contribution in [0.5, 0.6) is 0 Å². The number of benzene rings is 1. The Hall–Kier alpha value is -3.02. The van der Waals surface area contributed by atoms with Gasteiger partial charge >= 0.3 is 0 Å². The molecule has 0 atom stereocenters. The van der Waals surface area contributed by atoms with E-state index in [9.17, 15) is 4.79 Å².